The van der Waals surface area contributed by atoms with Gasteiger partial charge in [-0.05, 0) is 69.8 Å². The lowest BCUT2D eigenvalue weighted by Gasteiger charge is -2.47. The number of para-hydroxylation sites is 6. The lowest BCUT2D eigenvalue weighted by atomic mass is 9.73. The Morgan fingerprint density at radius 1 is 0.350 bits per heavy atom. The Morgan fingerprint density at radius 3 is 0.767 bits per heavy atom. The molecule has 3 heterocycles. The van der Waals surface area contributed by atoms with Gasteiger partial charge in [0.2, 0.25) is 0 Å². The summed E-state index contributed by atoms with van der Waals surface area (Å²) in [4.78, 5) is 5.43. The van der Waals surface area contributed by atoms with Crippen molar-refractivity contribution in [3.63, 3.8) is 0 Å². The molecule has 0 aromatic heterocycles. The summed E-state index contributed by atoms with van der Waals surface area (Å²) < 4.78 is 50.9. The number of rotatable bonds is 3. The van der Waals surface area contributed by atoms with E-state index in [1.165, 1.54) is 0 Å². The Labute approximate surface area is 359 Å². The first-order valence-corrected chi connectivity index (χ1v) is 20.9. The average Bonchev–Trinajstić information content (AvgIpc) is 3.23. The van der Waals surface area contributed by atoms with Crippen molar-refractivity contribution >= 4 is 74.4 Å². The van der Waals surface area contributed by atoms with E-state index in [0.717, 1.165) is 44.8 Å². The zero-order valence-corrected chi connectivity index (χ0v) is 35.6. The standard InChI is InChI=1S/C52H42Cl2F3N3/c1-49(2)31-19-7-13-25-37(31)58(38-26-14-8-20-32(38)49)46-43(52(55,56)57)47(59-39-27-15-9-21-33(39)50(3,4)34-22-10-16-28-40(34)59)45(54)48(44(46)53)60-41-29-17-11-23-35(41)51(5,6)36-24-12-18-30-42(36)60/h7-30H,1-6H3. The maximum atomic E-state index is 17.0. The molecule has 0 saturated carbocycles. The predicted molar refractivity (Wildman–Crippen MR) is 242 cm³/mol. The molecule has 10 rings (SSSR count). The summed E-state index contributed by atoms with van der Waals surface area (Å²) in [6.07, 6.45) is -4.95. The number of alkyl halides is 3. The summed E-state index contributed by atoms with van der Waals surface area (Å²) in [6.45, 7) is 12.8. The van der Waals surface area contributed by atoms with Gasteiger partial charge in [-0.1, -0.05) is 174 Å². The van der Waals surface area contributed by atoms with Crippen molar-refractivity contribution in [1.29, 1.82) is 0 Å². The van der Waals surface area contributed by atoms with Crippen LogP contribution < -0.4 is 14.7 Å². The Bertz CT molecular complexity index is 2630. The smallest absolute Gasteiger partial charge is 0.308 e. The third-order valence-corrected chi connectivity index (χ3v) is 13.9. The van der Waals surface area contributed by atoms with Gasteiger partial charge in [0.05, 0.1) is 61.2 Å². The molecule has 0 bridgehead atoms. The topological polar surface area (TPSA) is 9.72 Å². The van der Waals surface area contributed by atoms with Gasteiger partial charge in [-0.2, -0.15) is 13.2 Å². The normalized spacial score (nSPS) is 16.6. The molecule has 0 aliphatic carbocycles. The quantitative estimate of drug-likeness (QED) is 0.176. The largest absolute Gasteiger partial charge is 0.420 e. The summed E-state index contributed by atoms with van der Waals surface area (Å²) in [7, 11) is 0. The minimum absolute atomic E-state index is 0.122. The fourth-order valence-electron chi connectivity index (χ4n) is 10.3. The van der Waals surface area contributed by atoms with Crippen LogP contribution in [0.4, 0.5) is 64.4 Å². The van der Waals surface area contributed by atoms with Crippen LogP contribution >= 0.6 is 23.2 Å². The molecule has 7 aromatic carbocycles. The monoisotopic (exact) mass is 835 g/mol. The van der Waals surface area contributed by atoms with Crippen LogP contribution in [0.3, 0.4) is 0 Å². The molecular formula is C52H42Cl2F3N3. The molecule has 0 saturated heterocycles. The van der Waals surface area contributed by atoms with Gasteiger partial charge in [-0.25, -0.2) is 0 Å². The lowest BCUT2D eigenvalue weighted by molar-refractivity contribution is -0.136. The van der Waals surface area contributed by atoms with Crippen molar-refractivity contribution < 1.29 is 13.2 Å². The second-order valence-corrected chi connectivity index (χ2v) is 18.3. The molecule has 60 heavy (non-hydrogen) atoms. The molecule has 0 radical (unpaired) electrons. The third kappa shape index (κ3) is 5.23. The van der Waals surface area contributed by atoms with Gasteiger partial charge in [0.1, 0.15) is 5.56 Å². The second-order valence-electron chi connectivity index (χ2n) is 17.5. The predicted octanol–water partition coefficient (Wildman–Crippen LogP) is 16.3. The maximum absolute atomic E-state index is 17.0. The molecule has 3 aliphatic rings. The molecule has 7 aromatic rings. The Kier molecular flexibility index (Phi) is 8.44. The maximum Gasteiger partial charge on any atom is 0.420 e. The molecule has 0 fully saturated rings. The molecule has 0 amide bonds. The minimum atomic E-state index is -4.95. The molecule has 300 valence electrons. The van der Waals surface area contributed by atoms with Crippen LogP contribution in [0, 0.1) is 0 Å². The molecule has 0 N–H and O–H groups in total. The van der Waals surface area contributed by atoms with Crippen LogP contribution in [0.5, 0.6) is 0 Å². The Balaban J connectivity index is 1.43. The van der Waals surface area contributed by atoms with Crippen LogP contribution in [0.2, 0.25) is 10.0 Å². The van der Waals surface area contributed by atoms with Crippen LogP contribution in [-0.2, 0) is 22.4 Å². The number of benzene rings is 7. The molecule has 8 heteroatoms. The molecule has 3 aliphatic heterocycles. The van der Waals surface area contributed by atoms with Crippen molar-refractivity contribution in [2.45, 2.75) is 64.0 Å². The number of hydrogen-bond donors (Lipinski definition) is 0. The van der Waals surface area contributed by atoms with Crippen LogP contribution in [-0.4, -0.2) is 0 Å². The average molecular weight is 837 g/mol. The summed E-state index contributed by atoms with van der Waals surface area (Å²) in [5.74, 6) is 0. The van der Waals surface area contributed by atoms with Gasteiger partial charge in [0, 0.05) is 16.2 Å². The minimum Gasteiger partial charge on any atom is -0.308 e. The van der Waals surface area contributed by atoms with Gasteiger partial charge in [-0.3, -0.25) is 0 Å². The van der Waals surface area contributed by atoms with Gasteiger partial charge < -0.3 is 14.7 Å². The highest BCUT2D eigenvalue weighted by Crippen LogP contribution is 2.66. The zero-order chi connectivity index (χ0) is 42.1. The van der Waals surface area contributed by atoms with Crippen molar-refractivity contribution in [3.8, 4) is 0 Å². The first-order valence-electron chi connectivity index (χ1n) is 20.2. The number of hydrogen-bond acceptors (Lipinski definition) is 3. The van der Waals surface area contributed by atoms with Crippen molar-refractivity contribution in [2.24, 2.45) is 0 Å². The van der Waals surface area contributed by atoms with E-state index in [4.69, 9.17) is 23.2 Å². The number of anilines is 9. The third-order valence-electron chi connectivity index (χ3n) is 13.2. The van der Waals surface area contributed by atoms with Gasteiger partial charge >= 0.3 is 6.18 Å². The van der Waals surface area contributed by atoms with E-state index in [0.29, 0.717) is 22.7 Å². The van der Waals surface area contributed by atoms with Crippen LogP contribution in [0.25, 0.3) is 0 Å². The van der Waals surface area contributed by atoms with Crippen LogP contribution in [0.15, 0.2) is 146 Å². The summed E-state index contributed by atoms with van der Waals surface area (Å²) in [5.41, 5.74) is 6.83. The van der Waals surface area contributed by atoms with Crippen molar-refractivity contribution in [2.75, 3.05) is 14.7 Å². The van der Waals surface area contributed by atoms with Crippen LogP contribution in [0.1, 0.15) is 80.5 Å². The molecule has 0 unspecified atom stereocenters. The second kappa shape index (κ2) is 13.2. The van der Waals surface area contributed by atoms with E-state index in [9.17, 15) is 0 Å². The summed E-state index contributed by atoms with van der Waals surface area (Å²) in [6, 6.07) is 46.8. The molecule has 3 nitrogen and oxygen atoms in total. The van der Waals surface area contributed by atoms with E-state index < -0.39 is 28.0 Å². The summed E-state index contributed by atoms with van der Waals surface area (Å²) >= 11 is 15.7. The van der Waals surface area contributed by atoms with Crippen molar-refractivity contribution in [1.82, 2.24) is 0 Å². The lowest BCUT2D eigenvalue weighted by Crippen LogP contribution is -2.34. The molecule has 0 atom stereocenters. The highest BCUT2D eigenvalue weighted by molar-refractivity contribution is 6.44. The van der Waals surface area contributed by atoms with E-state index in [2.05, 4.69) is 53.7 Å². The van der Waals surface area contributed by atoms with Gasteiger partial charge in [0.15, 0.2) is 0 Å². The fourth-order valence-corrected chi connectivity index (χ4v) is 11.0. The van der Waals surface area contributed by atoms with E-state index in [1.54, 1.807) is 9.80 Å². The van der Waals surface area contributed by atoms with Gasteiger partial charge in [0.25, 0.3) is 0 Å². The highest BCUT2D eigenvalue weighted by Gasteiger charge is 2.50. The van der Waals surface area contributed by atoms with E-state index in [1.807, 2.05) is 138 Å². The molecule has 0 spiro atoms. The van der Waals surface area contributed by atoms with Gasteiger partial charge in [-0.15, -0.1) is 0 Å². The number of fused-ring (bicyclic) bond motifs is 6. The number of nitrogens with zero attached hydrogens (tertiary/aromatic N) is 3. The first-order chi connectivity index (χ1) is 28.6. The SMILES string of the molecule is CC1(C)c2ccccc2N(c2c(Cl)c(N3c4ccccc4C(C)(C)c4ccccc43)c(C(F)(F)F)c(N3c4ccccc4C(C)(C)c4ccccc43)c2Cl)c2ccccc21. The zero-order valence-electron chi connectivity index (χ0n) is 34.1. The molecular weight excluding hydrogens is 794 g/mol. The van der Waals surface area contributed by atoms with Crippen molar-refractivity contribution in [3.05, 3.63) is 195 Å². The number of halogens is 5. The van der Waals surface area contributed by atoms with E-state index >= 15 is 13.2 Å². The Hall–Kier alpha value is -5.69. The summed E-state index contributed by atoms with van der Waals surface area (Å²) in [5, 5.41) is -0.243. The Morgan fingerprint density at radius 2 is 0.550 bits per heavy atom. The first kappa shape index (κ1) is 38.5. The highest BCUT2D eigenvalue weighted by atomic mass is 35.5. The van der Waals surface area contributed by atoms with E-state index in [-0.39, 0.29) is 27.1 Å². The fraction of sp³-hybridized carbons (Fsp3) is 0.192.